The molecule has 2 atom stereocenters. The van der Waals surface area contributed by atoms with Crippen molar-refractivity contribution in [3.8, 4) is 5.88 Å². The number of ether oxygens (including phenoxy) is 1. The van der Waals surface area contributed by atoms with E-state index in [9.17, 15) is 10.1 Å². The molecule has 19 heavy (non-hydrogen) atoms. The maximum atomic E-state index is 11.2. The van der Waals surface area contributed by atoms with Gasteiger partial charge in [-0.3, -0.25) is 0 Å². The first-order valence-electron chi connectivity index (χ1n) is 6.17. The zero-order chi connectivity index (χ0) is 13.4. The summed E-state index contributed by atoms with van der Waals surface area (Å²) in [6.07, 6.45) is 4.50. The Hall–Kier alpha value is -1.67. The minimum atomic E-state index is -0.450. The topological polar surface area (TPSA) is 95.7 Å². The lowest BCUT2D eigenvalue weighted by Gasteiger charge is -2.17. The number of imidazole rings is 1. The van der Waals surface area contributed by atoms with Gasteiger partial charge in [0.05, 0.1) is 0 Å². The Balaban J connectivity index is 1.93. The summed E-state index contributed by atoms with van der Waals surface area (Å²) in [5, 5.41) is 12.9. The van der Waals surface area contributed by atoms with E-state index in [1.807, 2.05) is 0 Å². The maximum Gasteiger partial charge on any atom is 0.393 e. The summed E-state index contributed by atoms with van der Waals surface area (Å²) in [6, 6.07) is 0. The fourth-order valence-electron chi connectivity index (χ4n) is 2.57. The molecule has 3 rings (SSSR count). The monoisotopic (exact) mass is 282 g/mol. The molecule has 1 fully saturated rings. The van der Waals surface area contributed by atoms with Crippen LogP contribution in [0.5, 0.6) is 5.88 Å². The van der Waals surface area contributed by atoms with Crippen molar-refractivity contribution in [1.82, 2.24) is 9.38 Å². The van der Waals surface area contributed by atoms with Gasteiger partial charge in [-0.1, -0.05) is 11.3 Å². The van der Waals surface area contributed by atoms with Crippen LogP contribution in [0.4, 0.5) is 5.82 Å². The molecule has 0 aromatic carbocycles. The second-order valence-electron chi connectivity index (χ2n) is 4.64. The molecule has 7 nitrogen and oxygen atoms in total. The number of rotatable bonds is 4. The highest BCUT2D eigenvalue weighted by Gasteiger charge is 2.33. The van der Waals surface area contributed by atoms with Gasteiger partial charge < -0.3 is 20.6 Å². The second-order valence-corrected chi connectivity index (χ2v) is 5.51. The van der Waals surface area contributed by atoms with Crippen LogP contribution in [0.15, 0.2) is 11.6 Å². The van der Waals surface area contributed by atoms with Gasteiger partial charge >= 0.3 is 11.7 Å². The SMILES string of the molecule is NCC1CCCC1Oc1nc2sccn2c1[N+](=O)[O-]. The Morgan fingerprint density at radius 1 is 1.63 bits per heavy atom. The fourth-order valence-corrected chi connectivity index (χ4v) is 3.27. The third kappa shape index (κ3) is 2.06. The van der Waals surface area contributed by atoms with Crippen molar-refractivity contribution in [3.05, 3.63) is 21.7 Å². The molecule has 2 aromatic rings. The highest BCUT2D eigenvalue weighted by Crippen LogP contribution is 2.34. The summed E-state index contributed by atoms with van der Waals surface area (Å²) in [5.74, 6) is 0.278. The molecule has 0 bridgehead atoms. The lowest BCUT2D eigenvalue weighted by atomic mass is 10.1. The summed E-state index contributed by atoms with van der Waals surface area (Å²) < 4.78 is 7.22. The molecule has 0 aliphatic heterocycles. The van der Waals surface area contributed by atoms with Crippen molar-refractivity contribution >= 4 is 22.1 Å². The van der Waals surface area contributed by atoms with E-state index in [1.165, 1.54) is 15.7 Å². The number of fused-ring (bicyclic) bond motifs is 1. The van der Waals surface area contributed by atoms with E-state index >= 15 is 0 Å². The van der Waals surface area contributed by atoms with Crippen molar-refractivity contribution in [2.75, 3.05) is 6.54 Å². The molecule has 2 aromatic heterocycles. The number of nitro groups is 1. The molecule has 2 unspecified atom stereocenters. The van der Waals surface area contributed by atoms with Crippen LogP contribution in [-0.4, -0.2) is 27.0 Å². The Morgan fingerprint density at radius 3 is 3.21 bits per heavy atom. The lowest BCUT2D eigenvalue weighted by molar-refractivity contribution is -0.391. The Morgan fingerprint density at radius 2 is 2.47 bits per heavy atom. The average Bonchev–Trinajstić information content (AvgIpc) is 3.03. The molecule has 2 heterocycles. The van der Waals surface area contributed by atoms with Crippen molar-refractivity contribution in [2.24, 2.45) is 11.7 Å². The standard InChI is InChI=1S/C11H14N4O3S/c12-6-7-2-1-3-8(7)18-9-10(15(16)17)14-4-5-19-11(14)13-9/h4-5,7-8H,1-3,6,12H2. The quantitative estimate of drug-likeness (QED) is 0.681. The van der Waals surface area contributed by atoms with Crippen LogP contribution in [0.2, 0.25) is 0 Å². The van der Waals surface area contributed by atoms with Crippen LogP contribution in [0.1, 0.15) is 19.3 Å². The third-order valence-electron chi connectivity index (χ3n) is 3.53. The summed E-state index contributed by atoms with van der Waals surface area (Å²) in [5.41, 5.74) is 5.69. The minimum absolute atomic E-state index is 0.0618. The van der Waals surface area contributed by atoms with Gasteiger partial charge in [-0.05, 0) is 30.7 Å². The molecule has 0 radical (unpaired) electrons. The molecule has 2 N–H and O–H groups in total. The van der Waals surface area contributed by atoms with Crippen LogP contribution in [0, 0.1) is 16.0 Å². The van der Waals surface area contributed by atoms with Gasteiger partial charge in [-0.25, -0.2) is 0 Å². The van der Waals surface area contributed by atoms with Gasteiger partial charge in [0, 0.05) is 11.3 Å². The van der Waals surface area contributed by atoms with Crippen LogP contribution < -0.4 is 10.5 Å². The third-order valence-corrected chi connectivity index (χ3v) is 4.29. The molecule has 1 aliphatic rings. The molecule has 8 heteroatoms. The largest absolute Gasteiger partial charge is 0.468 e. The van der Waals surface area contributed by atoms with E-state index in [-0.39, 0.29) is 23.7 Å². The van der Waals surface area contributed by atoms with Gasteiger partial charge in [0.25, 0.3) is 4.96 Å². The molecule has 0 spiro atoms. The average molecular weight is 282 g/mol. The highest BCUT2D eigenvalue weighted by atomic mass is 32.1. The summed E-state index contributed by atoms with van der Waals surface area (Å²) in [4.78, 5) is 15.5. The summed E-state index contributed by atoms with van der Waals surface area (Å²) >= 11 is 1.35. The van der Waals surface area contributed by atoms with Gasteiger partial charge in [0.1, 0.15) is 12.3 Å². The first kappa shape index (κ1) is 12.4. The number of nitrogens with two attached hydrogens (primary N) is 1. The number of nitrogens with zero attached hydrogens (tertiary/aromatic N) is 3. The van der Waals surface area contributed by atoms with Crippen LogP contribution >= 0.6 is 11.3 Å². The second kappa shape index (κ2) is 4.78. The first-order valence-corrected chi connectivity index (χ1v) is 7.05. The van der Waals surface area contributed by atoms with Crippen LogP contribution in [0.3, 0.4) is 0 Å². The van der Waals surface area contributed by atoms with Gasteiger partial charge in [0.2, 0.25) is 0 Å². The van der Waals surface area contributed by atoms with Crippen molar-refractivity contribution in [1.29, 1.82) is 0 Å². The van der Waals surface area contributed by atoms with Crippen molar-refractivity contribution < 1.29 is 9.66 Å². The van der Waals surface area contributed by atoms with E-state index in [0.717, 1.165) is 19.3 Å². The minimum Gasteiger partial charge on any atom is -0.468 e. The van der Waals surface area contributed by atoms with E-state index < -0.39 is 4.92 Å². The van der Waals surface area contributed by atoms with E-state index in [1.54, 1.807) is 11.6 Å². The predicted molar refractivity (Wildman–Crippen MR) is 70.5 cm³/mol. The first-order chi connectivity index (χ1) is 9.20. The molecule has 1 saturated carbocycles. The normalized spacial score (nSPS) is 23.0. The van der Waals surface area contributed by atoms with Crippen LogP contribution in [-0.2, 0) is 0 Å². The number of aromatic nitrogens is 2. The maximum absolute atomic E-state index is 11.2. The smallest absolute Gasteiger partial charge is 0.393 e. The summed E-state index contributed by atoms with van der Waals surface area (Å²) in [7, 11) is 0. The lowest BCUT2D eigenvalue weighted by Crippen LogP contribution is -2.28. The molecule has 1 aliphatic carbocycles. The van der Waals surface area contributed by atoms with E-state index in [2.05, 4.69) is 4.98 Å². The van der Waals surface area contributed by atoms with E-state index in [4.69, 9.17) is 10.5 Å². The Bertz CT molecular complexity index is 608. The number of thiazole rings is 1. The zero-order valence-corrected chi connectivity index (χ0v) is 11.0. The Labute approximate surface area is 113 Å². The summed E-state index contributed by atoms with van der Waals surface area (Å²) in [6.45, 7) is 0.542. The molecule has 0 saturated heterocycles. The molecule has 102 valence electrons. The Kier molecular flexibility index (Phi) is 3.11. The van der Waals surface area contributed by atoms with Crippen molar-refractivity contribution in [3.63, 3.8) is 0 Å². The van der Waals surface area contributed by atoms with Crippen molar-refractivity contribution in [2.45, 2.75) is 25.4 Å². The zero-order valence-electron chi connectivity index (χ0n) is 10.2. The van der Waals surface area contributed by atoms with Gasteiger partial charge in [-0.2, -0.15) is 9.38 Å². The predicted octanol–water partition coefficient (Wildman–Crippen LogP) is 1.81. The fraction of sp³-hybridized carbons (Fsp3) is 0.545. The highest BCUT2D eigenvalue weighted by molar-refractivity contribution is 7.15. The van der Waals surface area contributed by atoms with Gasteiger partial charge in [-0.15, -0.1) is 0 Å². The number of hydrogen-bond acceptors (Lipinski definition) is 6. The number of hydrogen-bond donors (Lipinski definition) is 1. The molecular weight excluding hydrogens is 268 g/mol. The van der Waals surface area contributed by atoms with Gasteiger partial charge in [0.15, 0.2) is 0 Å². The van der Waals surface area contributed by atoms with Crippen LogP contribution in [0.25, 0.3) is 4.96 Å². The molecular formula is C11H14N4O3S. The molecule has 0 amide bonds. The van der Waals surface area contributed by atoms with E-state index in [0.29, 0.717) is 11.5 Å².